The molecule has 1 aromatic heterocycles. The first-order valence-electron chi connectivity index (χ1n) is 8.73. The second-order valence-electron chi connectivity index (χ2n) is 6.25. The number of carbonyl (C=O) groups is 1. The summed E-state index contributed by atoms with van der Waals surface area (Å²) in [6.45, 7) is 1.92. The van der Waals surface area contributed by atoms with Gasteiger partial charge < -0.3 is 9.73 Å². The summed E-state index contributed by atoms with van der Waals surface area (Å²) in [5.74, 6) is 0.671. The summed E-state index contributed by atoms with van der Waals surface area (Å²) in [4.78, 5) is 22.2. The summed E-state index contributed by atoms with van der Waals surface area (Å²) >= 11 is 11.2. The fraction of sp³-hybridized carbons (Fsp3) is 0.0476. The van der Waals surface area contributed by atoms with E-state index in [1.54, 1.807) is 12.1 Å². The summed E-state index contributed by atoms with van der Waals surface area (Å²) in [6.07, 6.45) is 2.80. The van der Waals surface area contributed by atoms with E-state index in [0.717, 1.165) is 11.1 Å². The van der Waals surface area contributed by atoms with Crippen LogP contribution in [0.4, 0.5) is 11.4 Å². The second kappa shape index (κ2) is 9.34. The van der Waals surface area contributed by atoms with E-state index in [9.17, 15) is 14.9 Å². The number of furan rings is 1. The van der Waals surface area contributed by atoms with Crippen LogP contribution in [0.15, 0.2) is 65.1 Å². The highest BCUT2D eigenvalue weighted by Crippen LogP contribution is 2.27. The maximum atomic E-state index is 12.0. The van der Waals surface area contributed by atoms with Gasteiger partial charge in [0.05, 0.1) is 4.92 Å². The van der Waals surface area contributed by atoms with Gasteiger partial charge >= 0.3 is 0 Å². The average Bonchev–Trinajstić information content (AvgIpc) is 3.18. The van der Waals surface area contributed by atoms with Gasteiger partial charge in [0.25, 0.3) is 5.69 Å². The van der Waals surface area contributed by atoms with Crippen molar-refractivity contribution in [3.8, 4) is 11.3 Å². The van der Waals surface area contributed by atoms with Crippen LogP contribution in [0.3, 0.4) is 0 Å². The number of nitro benzene ring substituents is 1. The normalized spacial score (nSPS) is 10.7. The molecule has 0 spiro atoms. The van der Waals surface area contributed by atoms with Crippen molar-refractivity contribution in [1.29, 1.82) is 0 Å². The van der Waals surface area contributed by atoms with Crippen LogP contribution in [-0.2, 0) is 4.79 Å². The Morgan fingerprint density at radius 2 is 1.90 bits per heavy atom. The molecule has 2 N–H and O–H groups in total. The van der Waals surface area contributed by atoms with Gasteiger partial charge in [-0.25, -0.2) is 0 Å². The molecule has 3 rings (SSSR count). The lowest BCUT2D eigenvalue weighted by molar-refractivity contribution is -0.384. The number of nitro groups is 1. The van der Waals surface area contributed by atoms with Crippen molar-refractivity contribution in [3.63, 3.8) is 0 Å². The predicted molar refractivity (Wildman–Crippen MR) is 120 cm³/mol. The molecule has 1 heterocycles. The standard InChI is InChI=1S/C21H16ClN3O4S/c1-13-2-3-14(12-18(13)22)19-10-8-17(29-19)9-11-20(26)24-21(30)23-15-4-6-16(7-5-15)25(27)28/h2-12H,1H3,(H2,23,24,26,30)/b11-9+. The van der Waals surface area contributed by atoms with E-state index < -0.39 is 10.8 Å². The topological polar surface area (TPSA) is 97.4 Å². The first kappa shape index (κ1) is 21.2. The molecule has 7 nitrogen and oxygen atoms in total. The molecule has 2 aromatic carbocycles. The highest BCUT2D eigenvalue weighted by Gasteiger charge is 2.07. The second-order valence-corrected chi connectivity index (χ2v) is 7.06. The van der Waals surface area contributed by atoms with Crippen molar-refractivity contribution >= 4 is 52.3 Å². The molecule has 1 amide bonds. The van der Waals surface area contributed by atoms with Crippen molar-refractivity contribution in [1.82, 2.24) is 5.32 Å². The van der Waals surface area contributed by atoms with Crippen LogP contribution in [0.25, 0.3) is 17.4 Å². The Labute approximate surface area is 182 Å². The van der Waals surface area contributed by atoms with Crippen molar-refractivity contribution in [2.24, 2.45) is 0 Å². The Hall–Kier alpha value is -3.49. The van der Waals surface area contributed by atoms with Crippen LogP contribution in [0, 0.1) is 17.0 Å². The molecular weight excluding hydrogens is 426 g/mol. The number of thiocarbonyl (C=S) groups is 1. The van der Waals surface area contributed by atoms with Gasteiger partial charge in [-0.1, -0.05) is 23.7 Å². The number of carbonyl (C=O) groups excluding carboxylic acids is 1. The molecule has 0 aliphatic carbocycles. The zero-order valence-corrected chi connectivity index (χ0v) is 17.3. The van der Waals surface area contributed by atoms with E-state index in [2.05, 4.69) is 10.6 Å². The zero-order chi connectivity index (χ0) is 21.7. The van der Waals surface area contributed by atoms with Gasteiger partial charge in [-0.2, -0.15) is 0 Å². The molecule has 0 bridgehead atoms. The zero-order valence-electron chi connectivity index (χ0n) is 15.7. The number of aryl methyl sites for hydroxylation is 1. The van der Waals surface area contributed by atoms with Crippen LogP contribution >= 0.6 is 23.8 Å². The van der Waals surface area contributed by atoms with Crippen molar-refractivity contribution in [3.05, 3.63) is 87.1 Å². The molecule has 9 heteroatoms. The SMILES string of the molecule is Cc1ccc(-c2ccc(/C=C/C(=O)NC(=S)Nc3ccc([N+](=O)[O-])cc3)o2)cc1Cl. The molecule has 0 radical (unpaired) electrons. The van der Waals surface area contributed by atoms with Crippen LogP contribution in [0.1, 0.15) is 11.3 Å². The number of amides is 1. The number of nitrogens with zero attached hydrogens (tertiary/aromatic N) is 1. The first-order valence-corrected chi connectivity index (χ1v) is 9.51. The van der Waals surface area contributed by atoms with Gasteiger partial charge in [0.1, 0.15) is 11.5 Å². The highest BCUT2D eigenvalue weighted by atomic mass is 35.5. The molecule has 0 unspecified atom stereocenters. The van der Waals surface area contributed by atoms with Crippen LogP contribution < -0.4 is 10.6 Å². The predicted octanol–water partition coefficient (Wildman–Crippen LogP) is 5.34. The van der Waals surface area contributed by atoms with E-state index in [1.165, 1.54) is 36.4 Å². The van der Waals surface area contributed by atoms with Crippen molar-refractivity contribution in [2.75, 3.05) is 5.32 Å². The highest BCUT2D eigenvalue weighted by molar-refractivity contribution is 7.80. The minimum atomic E-state index is -0.498. The lowest BCUT2D eigenvalue weighted by atomic mass is 10.1. The van der Waals surface area contributed by atoms with Gasteiger partial charge in [-0.15, -0.1) is 0 Å². The molecule has 0 atom stereocenters. The minimum Gasteiger partial charge on any atom is -0.457 e. The molecule has 0 saturated heterocycles. The van der Waals surface area contributed by atoms with E-state index in [0.29, 0.717) is 22.2 Å². The van der Waals surface area contributed by atoms with E-state index in [-0.39, 0.29) is 10.8 Å². The molecule has 0 aliphatic rings. The van der Waals surface area contributed by atoms with E-state index in [1.807, 2.05) is 25.1 Å². The maximum absolute atomic E-state index is 12.0. The van der Waals surface area contributed by atoms with Crippen molar-refractivity contribution < 1.29 is 14.1 Å². The number of non-ortho nitro benzene ring substituents is 1. The first-order chi connectivity index (χ1) is 14.3. The Balaban J connectivity index is 1.56. The van der Waals surface area contributed by atoms with Gasteiger partial charge in [0.2, 0.25) is 5.91 Å². The van der Waals surface area contributed by atoms with Crippen LogP contribution in [0.2, 0.25) is 5.02 Å². The quantitative estimate of drug-likeness (QED) is 0.240. The third-order valence-corrected chi connectivity index (χ3v) is 4.67. The van der Waals surface area contributed by atoms with E-state index >= 15 is 0 Å². The van der Waals surface area contributed by atoms with Gasteiger partial charge in [0.15, 0.2) is 5.11 Å². The number of halogens is 1. The summed E-state index contributed by atoms with van der Waals surface area (Å²) in [5, 5.41) is 16.6. The molecular formula is C21H16ClN3O4S. The van der Waals surface area contributed by atoms with Crippen LogP contribution in [-0.4, -0.2) is 15.9 Å². The Morgan fingerprint density at radius 3 is 2.57 bits per heavy atom. The van der Waals surface area contributed by atoms with Gasteiger partial charge in [-0.3, -0.25) is 20.2 Å². The maximum Gasteiger partial charge on any atom is 0.269 e. The summed E-state index contributed by atoms with van der Waals surface area (Å²) in [5.41, 5.74) is 2.29. The fourth-order valence-electron chi connectivity index (χ4n) is 2.48. The molecule has 0 saturated carbocycles. The number of hydrogen-bond donors (Lipinski definition) is 2. The smallest absolute Gasteiger partial charge is 0.269 e. The fourth-order valence-corrected chi connectivity index (χ4v) is 2.88. The third-order valence-electron chi connectivity index (χ3n) is 4.05. The lowest BCUT2D eigenvalue weighted by Crippen LogP contribution is -2.32. The molecule has 0 aliphatic heterocycles. The number of anilines is 1. The lowest BCUT2D eigenvalue weighted by Gasteiger charge is -2.07. The Kier molecular flexibility index (Phi) is 6.61. The summed E-state index contributed by atoms with van der Waals surface area (Å²) < 4.78 is 5.72. The number of benzene rings is 2. The number of rotatable bonds is 5. The van der Waals surface area contributed by atoms with Crippen LogP contribution in [0.5, 0.6) is 0 Å². The number of nitrogens with one attached hydrogen (secondary N) is 2. The third kappa shape index (κ3) is 5.53. The largest absolute Gasteiger partial charge is 0.457 e. The monoisotopic (exact) mass is 441 g/mol. The summed E-state index contributed by atoms with van der Waals surface area (Å²) in [7, 11) is 0. The molecule has 30 heavy (non-hydrogen) atoms. The van der Waals surface area contributed by atoms with Crippen molar-refractivity contribution in [2.45, 2.75) is 6.92 Å². The Bertz CT molecular complexity index is 1140. The molecule has 152 valence electrons. The Morgan fingerprint density at radius 1 is 1.17 bits per heavy atom. The van der Waals surface area contributed by atoms with Gasteiger partial charge in [-0.05, 0) is 61.1 Å². The molecule has 0 fully saturated rings. The summed E-state index contributed by atoms with van der Waals surface area (Å²) in [6, 6.07) is 14.8. The minimum absolute atomic E-state index is 0.0378. The van der Waals surface area contributed by atoms with E-state index in [4.69, 9.17) is 28.2 Å². The average molecular weight is 442 g/mol. The number of hydrogen-bond acceptors (Lipinski definition) is 5. The van der Waals surface area contributed by atoms with Gasteiger partial charge in [0, 0.05) is 34.5 Å². The molecule has 3 aromatic rings.